The van der Waals surface area contributed by atoms with Gasteiger partial charge in [0.2, 0.25) is 0 Å². The minimum absolute atomic E-state index is 0.0882. The Morgan fingerprint density at radius 2 is 1.79 bits per heavy atom. The van der Waals surface area contributed by atoms with Crippen LogP contribution in [0, 0.1) is 13.8 Å². The Morgan fingerprint density at radius 1 is 1.09 bits per heavy atom. The molecule has 1 saturated carbocycles. The van der Waals surface area contributed by atoms with E-state index < -0.39 is 0 Å². The Bertz CT molecular complexity index is 1100. The molecule has 0 bridgehead atoms. The lowest BCUT2D eigenvalue weighted by molar-refractivity contribution is 0.178. The summed E-state index contributed by atoms with van der Waals surface area (Å²) in [4.78, 5) is 21.4. The lowest BCUT2D eigenvalue weighted by atomic mass is 9.91. The number of carbonyl (C=O) groups is 1. The van der Waals surface area contributed by atoms with E-state index >= 15 is 0 Å². The Balaban J connectivity index is 1.58. The number of aromatic nitrogens is 4. The summed E-state index contributed by atoms with van der Waals surface area (Å²) in [5, 5.41) is 15.2. The fraction of sp³-hybridized carbons (Fsp3) is 0.500. The molecule has 2 heterocycles. The van der Waals surface area contributed by atoms with Gasteiger partial charge in [0.05, 0.1) is 16.8 Å². The zero-order valence-corrected chi connectivity index (χ0v) is 19.8. The lowest BCUT2D eigenvalue weighted by Gasteiger charge is -2.30. The van der Waals surface area contributed by atoms with Gasteiger partial charge in [-0.25, -0.2) is 19.4 Å². The van der Waals surface area contributed by atoms with E-state index in [-0.39, 0.29) is 18.1 Å². The number of aryl methyl sites for hydroxylation is 2. The molecule has 3 N–H and O–H groups in total. The molecular formula is C24H33N7O2. The van der Waals surface area contributed by atoms with Crippen molar-refractivity contribution in [2.45, 2.75) is 65.1 Å². The second-order valence-corrected chi connectivity index (χ2v) is 8.65. The van der Waals surface area contributed by atoms with Crippen molar-refractivity contribution < 1.29 is 9.53 Å². The van der Waals surface area contributed by atoms with Crippen molar-refractivity contribution >= 4 is 22.9 Å². The van der Waals surface area contributed by atoms with Crippen molar-refractivity contribution in [3.05, 3.63) is 41.3 Å². The number of hydrogen-bond donors (Lipinski definition) is 3. The number of amides is 2. The molecule has 0 spiro atoms. The maximum absolute atomic E-state index is 11.8. The van der Waals surface area contributed by atoms with Gasteiger partial charge in [-0.15, -0.1) is 0 Å². The van der Waals surface area contributed by atoms with E-state index in [1.54, 1.807) is 7.11 Å². The number of ether oxygens (including phenoxy) is 1. The molecule has 0 radical (unpaired) electrons. The molecule has 9 nitrogen and oxygen atoms in total. The highest BCUT2D eigenvalue weighted by Gasteiger charge is 2.25. The summed E-state index contributed by atoms with van der Waals surface area (Å²) < 4.78 is 7.21. The van der Waals surface area contributed by atoms with Crippen LogP contribution >= 0.6 is 0 Å². The van der Waals surface area contributed by atoms with Crippen molar-refractivity contribution in [1.29, 1.82) is 0 Å². The van der Waals surface area contributed by atoms with Gasteiger partial charge in [0.1, 0.15) is 12.4 Å². The van der Waals surface area contributed by atoms with Gasteiger partial charge < -0.3 is 20.7 Å². The van der Waals surface area contributed by atoms with Crippen molar-refractivity contribution in [2.24, 2.45) is 0 Å². The number of urea groups is 1. The first-order valence-electron chi connectivity index (χ1n) is 11.6. The highest BCUT2D eigenvalue weighted by atomic mass is 16.5. The van der Waals surface area contributed by atoms with Crippen molar-refractivity contribution in [1.82, 2.24) is 30.4 Å². The number of hydrogen-bond acceptors (Lipinski definition) is 6. The Kier molecular flexibility index (Phi) is 7.08. The summed E-state index contributed by atoms with van der Waals surface area (Å²) in [6.07, 6.45) is 3.76. The van der Waals surface area contributed by atoms with Crippen molar-refractivity contribution in [2.75, 3.05) is 19.0 Å². The van der Waals surface area contributed by atoms with E-state index in [4.69, 9.17) is 19.8 Å². The molecule has 4 rings (SSSR count). The van der Waals surface area contributed by atoms with Crippen LogP contribution in [0.5, 0.6) is 0 Å². The molecule has 1 fully saturated rings. The van der Waals surface area contributed by atoms with E-state index in [9.17, 15) is 4.79 Å². The van der Waals surface area contributed by atoms with Gasteiger partial charge in [0.25, 0.3) is 0 Å². The topological polar surface area (TPSA) is 106 Å². The van der Waals surface area contributed by atoms with Crippen LogP contribution in [0.1, 0.15) is 49.7 Å². The first-order chi connectivity index (χ1) is 16.0. The number of nitrogens with one attached hydrogen (secondary N) is 3. The number of nitrogens with zero attached hydrogens (tertiary/aromatic N) is 4. The number of rotatable bonds is 7. The SMILES string of the molecule is CCNC(=O)NC1CCC(Nc2nc(COC)nc3c2c(C)nn3-c2ccc(C)cc2)CC1. The smallest absolute Gasteiger partial charge is 0.314 e. The van der Waals surface area contributed by atoms with E-state index in [0.29, 0.717) is 19.0 Å². The predicted molar refractivity (Wildman–Crippen MR) is 129 cm³/mol. The zero-order valence-electron chi connectivity index (χ0n) is 19.8. The molecule has 0 atom stereocenters. The van der Waals surface area contributed by atoms with E-state index in [1.807, 2.05) is 18.5 Å². The monoisotopic (exact) mass is 451 g/mol. The Hall–Kier alpha value is -3.20. The molecule has 3 aromatic rings. The van der Waals surface area contributed by atoms with Gasteiger partial charge in [0.15, 0.2) is 11.5 Å². The molecule has 2 aromatic heterocycles. The lowest BCUT2D eigenvalue weighted by Crippen LogP contribution is -2.44. The molecule has 1 aliphatic rings. The van der Waals surface area contributed by atoms with Crippen molar-refractivity contribution in [3.63, 3.8) is 0 Å². The standard InChI is InChI=1S/C24H33N7O2/c1-5-25-24(32)27-18-10-8-17(9-11-18)26-22-21-16(3)30-31(19-12-6-15(2)7-13-19)23(21)29-20(28-22)14-33-4/h6-7,12-13,17-18H,5,8-11,14H2,1-4H3,(H2,25,27,32)(H,26,28,29). The third-order valence-corrected chi connectivity index (χ3v) is 6.04. The fourth-order valence-electron chi connectivity index (χ4n) is 4.36. The Labute approximate surface area is 194 Å². The first kappa shape index (κ1) is 23.0. The van der Waals surface area contributed by atoms with Crippen LogP contribution in [-0.2, 0) is 11.3 Å². The second kappa shape index (κ2) is 10.2. The van der Waals surface area contributed by atoms with Gasteiger partial charge in [-0.1, -0.05) is 17.7 Å². The third kappa shape index (κ3) is 5.24. The molecule has 33 heavy (non-hydrogen) atoms. The summed E-state index contributed by atoms with van der Waals surface area (Å²) in [5.41, 5.74) is 3.81. The molecule has 1 aromatic carbocycles. The highest BCUT2D eigenvalue weighted by molar-refractivity contribution is 5.90. The molecule has 2 amide bonds. The van der Waals surface area contributed by atoms with E-state index in [0.717, 1.165) is 53.9 Å². The average Bonchev–Trinajstić information content (AvgIpc) is 3.12. The summed E-state index contributed by atoms with van der Waals surface area (Å²) in [6, 6.07) is 8.63. The largest absolute Gasteiger partial charge is 0.377 e. The fourth-order valence-corrected chi connectivity index (χ4v) is 4.36. The number of fused-ring (bicyclic) bond motifs is 1. The highest BCUT2D eigenvalue weighted by Crippen LogP contribution is 2.29. The van der Waals surface area contributed by atoms with Crippen LogP contribution in [0.25, 0.3) is 16.7 Å². The van der Waals surface area contributed by atoms with Crippen molar-refractivity contribution in [3.8, 4) is 5.69 Å². The molecule has 0 saturated heterocycles. The van der Waals surface area contributed by atoms with Gasteiger partial charge in [0, 0.05) is 25.7 Å². The Morgan fingerprint density at radius 3 is 2.45 bits per heavy atom. The van der Waals surface area contributed by atoms with Crippen LogP contribution < -0.4 is 16.0 Å². The van der Waals surface area contributed by atoms with Crippen LogP contribution in [0.2, 0.25) is 0 Å². The van der Waals surface area contributed by atoms with Crippen LogP contribution in [0.4, 0.5) is 10.6 Å². The maximum Gasteiger partial charge on any atom is 0.314 e. The van der Waals surface area contributed by atoms with E-state index in [2.05, 4.69) is 47.1 Å². The van der Waals surface area contributed by atoms with Gasteiger partial charge >= 0.3 is 6.03 Å². The van der Waals surface area contributed by atoms with E-state index in [1.165, 1.54) is 5.56 Å². The number of benzene rings is 1. The van der Waals surface area contributed by atoms with Gasteiger partial charge in [-0.3, -0.25) is 0 Å². The van der Waals surface area contributed by atoms with Gasteiger partial charge in [-0.2, -0.15) is 5.10 Å². The summed E-state index contributed by atoms with van der Waals surface area (Å²) >= 11 is 0. The maximum atomic E-state index is 11.8. The minimum Gasteiger partial charge on any atom is -0.377 e. The number of anilines is 1. The molecule has 9 heteroatoms. The summed E-state index contributed by atoms with van der Waals surface area (Å²) in [5.74, 6) is 1.41. The molecule has 0 unspecified atom stereocenters. The molecule has 1 aliphatic carbocycles. The zero-order chi connectivity index (χ0) is 23.4. The first-order valence-corrected chi connectivity index (χ1v) is 11.6. The molecule has 176 valence electrons. The third-order valence-electron chi connectivity index (χ3n) is 6.04. The predicted octanol–water partition coefficient (Wildman–Crippen LogP) is 3.62. The number of carbonyl (C=O) groups excluding carboxylic acids is 1. The van der Waals surface area contributed by atoms with Gasteiger partial charge in [-0.05, 0) is 58.6 Å². The molecule has 0 aliphatic heterocycles. The average molecular weight is 452 g/mol. The minimum atomic E-state index is -0.0882. The van der Waals surface area contributed by atoms with Crippen LogP contribution in [-0.4, -0.2) is 51.5 Å². The summed E-state index contributed by atoms with van der Waals surface area (Å²) in [6.45, 7) is 6.93. The summed E-state index contributed by atoms with van der Waals surface area (Å²) in [7, 11) is 1.64. The van der Waals surface area contributed by atoms with Crippen LogP contribution in [0.15, 0.2) is 24.3 Å². The van der Waals surface area contributed by atoms with Crippen LogP contribution in [0.3, 0.4) is 0 Å². The second-order valence-electron chi connectivity index (χ2n) is 8.65. The molecular weight excluding hydrogens is 418 g/mol. The normalized spacial score (nSPS) is 18.3. The number of methoxy groups -OCH3 is 1. The quantitative estimate of drug-likeness (QED) is 0.507.